The maximum Gasteiger partial charge on any atom is 0.275 e. The Kier molecular flexibility index (Phi) is 3.21. The molecule has 0 fully saturated rings. The lowest BCUT2D eigenvalue weighted by Crippen LogP contribution is -1.97. The SMILES string of the molecule is [C-]#[N+]c1cnc2ccc(-c3cccnc3-c3ccc(F)cn3)nn12. The molecule has 7 heteroatoms. The number of fused-ring (bicyclic) bond motifs is 1. The van der Waals surface area contributed by atoms with Crippen LogP contribution in [-0.4, -0.2) is 24.6 Å². The largest absolute Gasteiger partial charge is 0.360 e. The lowest BCUT2D eigenvalue weighted by Gasteiger charge is -2.07. The number of halogens is 1. The normalized spacial score (nSPS) is 10.7. The maximum absolute atomic E-state index is 13.1. The number of rotatable bonds is 2. The van der Waals surface area contributed by atoms with E-state index >= 15 is 0 Å². The highest BCUT2D eigenvalue weighted by Crippen LogP contribution is 2.28. The Morgan fingerprint density at radius 2 is 1.83 bits per heavy atom. The van der Waals surface area contributed by atoms with Crippen molar-refractivity contribution in [2.45, 2.75) is 0 Å². The molecule has 4 aromatic heterocycles. The number of hydrogen-bond donors (Lipinski definition) is 0. The Balaban J connectivity index is 1.91. The summed E-state index contributed by atoms with van der Waals surface area (Å²) in [5, 5.41) is 4.48. The van der Waals surface area contributed by atoms with Crippen molar-refractivity contribution in [1.29, 1.82) is 0 Å². The van der Waals surface area contributed by atoms with Crippen LogP contribution in [0.1, 0.15) is 0 Å². The average Bonchev–Trinajstić information content (AvgIpc) is 3.04. The van der Waals surface area contributed by atoms with Crippen molar-refractivity contribution in [2.24, 2.45) is 0 Å². The molecule has 0 saturated heterocycles. The van der Waals surface area contributed by atoms with Crippen LogP contribution in [0.4, 0.5) is 10.2 Å². The third-order valence-corrected chi connectivity index (χ3v) is 3.51. The van der Waals surface area contributed by atoms with Crippen LogP contribution in [0, 0.1) is 12.4 Å². The highest BCUT2D eigenvalue weighted by molar-refractivity contribution is 5.77. The van der Waals surface area contributed by atoms with Gasteiger partial charge >= 0.3 is 0 Å². The van der Waals surface area contributed by atoms with Crippen molar-refractivity contribution in [1.82, 2.24) is 24.6 Å². The van der Waals surface area contributed by atoms with Gasteiger partial charge in [0.1, 0.15) is 11.5 Å². The molecule has 0 N–H and O–H groups in total. The Morgan fingerprint density at radius 3 is 2.62 bits per heavy atom. The molecule has 0 aliphatic heterocycles. The highest BCUT2D eigenvalue weighted by Gasteiger charge is 2.14. The molecular weight excluding hydrogens is 307 g/mol. The number of nitrogens with zero attached hydrogens (tertiary/aromatic N) is 6. The molecule has 0 saturated carbocycles. The number of hydrogen-bond acceptors (Lipinski definition) is 4. The van der Waals surface area contributed by atoms with Crippen molar-refractivity contribution in [3.8, 4) is 22.6 Å². The highest BCUT2D eigenvalue weighted by atomic mass is 19.1. The van der Waals surface area contributed by atoms with E-state index in [4.69, 9.17) is 6.57 Å². The Bertz CT molecular complexity index is 1080. The summed E-state index contributed by atoms with van der Waals surface area (Å²) in [5.74, 6) is -0.0758. The minimum Gasteiger partial charge on any atom is -0.360 e. The average molecular weight is 316 g/mol. The number of pyridine rings is 2. The van der Waals surface area contributed by atoms with Gasteiger partial charge in [-0.25, -0.2) is 9.37 Å². The van der Waals surface area contributed by atoms with E-state index in [1.54, 1.807) is 30.5 Å². The second-order valence-electron chi connectivity index (χ2n) is 4.98. The summed E-state index contributed by atoms with van der Waals surface area (Å²) in [6.45, 7) is 7.18. The monoisotopic (exact) mass is 316 g/mol. The summed E-state index contributed by atoms with van der Waals surface area (Å²) >= 11 is 0. The molecule has 6 nitrogen and oxygen atoms in total. The minimum atomic E-state index is -0.407. The third-order valence-electron chi connectivity index (χ3n) is 3.51. The van der Waals surface area contributed by atoms with Crippen molar-refractivity contribution in [3.05, 3.63) is 72.2 Å². The van der Waals surface area contributed by atoms with Crippen LogP contribution in [0.3, 0.4) is 0 Å². The minimum absolute atomic E-state index is 0.331. The van der Waals surface area contributed by atoms with E-state index < -0.39 is 5.82 Å². The van der Waals surface area contributed by atoms with Crippen LogP contribution < -0.4 is 0 Å². The van der Waals surface area contributed by atoms with Crippen molar-refractivity contribution in [2.75, 3.05) is 0 Å². The Hall–Kier alpha value is -3.66. The van der Waals surface area contributed by atoms with Gasteiger partial charge in [-0.2, -0.15) is 0 Å². The molecule has 0 radical (unpaired) electrons. The summed E-state index contributed by atoms with van der Waals surface area (Å²) in [7, 11) is 0. The van der Waals surface area contributed by atoms with E-state index in [-0.39, 0.29) is 0 Å². The summed E-state index contributed by atoms with van der Waals surface area (Å²) in [5.41, 5.74) is 3.09. The van der Waals surface area contributed by atoms with Gasteiger partial charge in [0, 0.05) is 17.8 Å². The zero-order valence-electron chi connectivity index (χ0n) is 12.3. The van der Waals surface area contributed by atoms with Gasteiger partial charge in [0.05, 0.1) is 23.8 Å². The topological polar surface area (TPSA) is 60.3 Å². The molecular formula is C17H9FN6. The molecule has 0 aliphatic carbocycles. The second-order valence-corrected chi connectivity index (χ2v) is 4.98. The molecule has 4 rings (SSSR count). The van der Waals surface area contributed by atoms with Crippen LogP contribution in [0.2, 0.25) is 0 Å². The fourth-order valence-electron chi connectivity index (χ4n) is 2.41. The number of imidazole rings is 1. The molecule has 0 amide bonds. The fourth-order valence-corrected chi connectivity index (χ4v) is 2.41. The van der Waals surface area contributed by atoms with Gasteiger partial charge in [-0.3, -0.25) is 9.97 Å². The van der Waals surface area contributed by atoms with Crippen LogP contribution in [0.5, 0.6) is 0 Å². The molecule has 0 unspecified atom stereocenters. The quantitative estimate of drug-likeness (QED) is 0.531. The predicted molar refractivity (Wildman–Crippen MR) is 85.7 cm³/mol. The van der Waals surface area contributed by atoms with E-state index in [0.717, 1.165) is 11.8 Å². The molecule has 0 atom stereocenters. The van der Waals surface area contributed by atoms with Crippen molar-refractivity contribution >= 4 is 11.5 Å². The summed E-state index contributed by atoms with van der Waals surface area (Å²) in [6, 6.07) is 10.1. The van der Waals surface area contributed by atoms with Crippen LogP contribution in [-0.2, 0) is 0 Å². The molecule has 0 bridgehead atoms. The summed E-state index contributed by atoms with van der Waals surface area (Å²) < 4.78 is 14.6. The van der Waals surface area contributed by atoms with Gasteiger partial charge in [-0.1, -0.05) is 11.7 Å². The van der Waals surface area contributed by atoms with Crippen LogP contribution in [0.25, 0.3) is 33.1 Å². The maximum atomic E-state index is 13.1. The Morgan fingerprint density at radius 1 is 0.958 bits per heavy atom. The predicted octanol–water partition coefficient (Wildman–Crippen LogP) is 3.54. The molecule has 4 aromatic rings. The van der Waals surface area contributed by atoms with Gasteiger partial charge in [-0.15, -0.1) is 4.52 Å². The first-order valence-corrected chi connectivity index (χ1v) is 7.06. The van der Waals surface area contributed by atoms with E-state index in [2.05, 4.69) is 24.9 Å². The van der Waals surface area contributed by atoms with Crippen LogP contribution in [0.15, 0.2) is 55.0 Å². The van der Waals surface area contributed by atoms with E-state index in [1.165, 1.54) is 16.8 Å². The lowest BCUT2D eigenvalue weighted by molar-refractivity contribution is 0.622. The molecule has 114 valence electrons. The van der Waals surface area contributed by atoms with Gasteiger partial charge < -0.3 is 4.85 Å². The first-order valence-electron chi connectivity index (χ1n) is 7.06. The summed E-state index contributed by atoms with van der Waals surface area (Å²) in [4.78, 5) is 16.0. The molecule has 0 spiro atoms. The zero-order valence-corrected chi connectivity index (χ0v) is 12.3. The van der Waals surface area contributed by atoms with E-state index in [0.29, 0.717) is 28.5 Å². The zero-order chi connectivity index (χ0) is 16.5. The van der Waals surface area contributed by atoms with Crippen molar-refractivity contribution in [3.63, 3.8) is 0 Å². The van der Waals surface area contributed by atoms with E-state index in [9.17, 15) is 4.39 Å². The lowest BCUT2D eigenvalue weighted by atomic mass is 10.1. The fraction of sp³-hybridized carbons (Fsp3) is 0. The van der Waals surface area contributed by atoms with E-state index in [1.807, 2.05) is 6.07 Å². The molecule has 0 aliphatic rings. The molecule has 0 aromatic carbocycles. The van der Waals surface area contributed by atoms with Gasteiger partial charge in [0.15, 0.2) is 0 Å². The number of aromatic nitrogens is 5. The van der Waals surface area contributed by atoms with Crippen LogP contribution >= 0.6 is 0 Å². The Labute approximate surface area is 136 Å². The smallest absolute Gasteiger partial charge is 0.275 e. The molecule has 4 heterocycles. The van der Waals surface area contributed by atoms with Gasteiger partial charge in [0.2, 0.25) is 5.65 Å². The van der Waals surface area contributed by atoms with Crippen molar-refractivity contribution < 1.29 is 4.39 Å². The standard InChI is InChI=1S/C17H9FN6/c1-19-16-10-22-15-7-6-13(23-24(15)16)12-3-2-8-20-17(12)14-5-4-11(18)9-21-14/h2-10H. The summed E-state index contributed by atoms with van der Waals surface area (Å²) in [6.07, 6.45) is 4.27. The van der Waals surface area contributed by atoms with Gasteiger partial charge in [0.25, 0.3) is 5.82 Å². The first-order chi connectivity index (χ1) is 11.8. The molecule has 24 heavy (non-hydrogen) atoms. The third kappa shape index (κ3) is 2.27. The second kappa shape index (κ2) is 5.52. The van der Waals surface area contributed by atoms with Gasteiger partial charge in [-0.05, 0) is 30.3 Å². The first kappa shape index (κ1) is 14.0.